The molecule has 100 valence electrons. The number of ether oxygens (including phenoxy) is 1. The molecule has 0 bridgehead atoms. The maximum Gasteiger partial charge on any atom is 0.251 e. The summed E-state index contributed by atoms with van der Waals surface area (Å²) in [5.41, 5.74) is 6.35. The zero-order valence-electron chi connectivity index (χ0n) is 9.84. The summed E-state index contributed by atoms with van der Waals surface area (Å²) in [6.07, 6.45) is 0. The van der Waals surface area contributed by atoms with Crippen molar-refractivity contribution in [3.05, 3.63) is 23.8 Å². The van der Waals surface area contributed by atoms with Crippen molar-refractivity contribution in [3.8, 4) is 5.75 Å². The normalized spacial score (nSPS) is 11.0. The van der Waals surface area contributed by atoms with E-state index in [0.29, 0.717) is 17.0 Å². The highest BCUT2D eigenvalue weighted by Gasteiger charge is 2.09. The minimum absolute atomic E-state index is 0.0512. The molecular weight excluding hydrogens is 258 g/mol. The van der Waals surface area contributed by atoms with Crippen molar-refractivity contribution in [2.45, 2.75) is 0 Å². The van der Waals surface area contributed by atoms with Crippen molar-refractivity contribution in [2.24, 2.45) is 5.14 Å². The van der Waals surface area contributed by atoms with Gasteiger partial charge in [-0.05, 0) is 18.2 Å². The van der Waals surface area contributed by atoms with Crippen LogP contribution in [0.2, 0.25) is 0 Å². The second-order valence-electron chi connectivity index (χ2n) is 3.58. The van der Waals surface area contributed by atoms with E-state index in [1.807, 2.05) is 0 Å². The number of sulfonamides is 1. The van der Waals surface area contributed by atoms with Crippen molar-refractivity contribution < 1.29 is 17.9 Å². The molecule has 0 atom stereocenters. The topological polar surface area (TPSA) is 125 Å². The molecule has 1 aromatic rings. The van der Waals surface area contributed by atoms with Crippen LogP contribution in [0.5, 0.6) is 5.75 Å². The molecule has 5 N–H and O–H groups in total. The molecule has 0 saturated heterocycles. The van der Waals surface area contributed by atoms with Crippen LogP contribution in [0.4, 0.5) is 5.69 Å². The number of hydrogen-bond donors (Lipinski definition) is 3. The highest BCUT2D eigenvalue weighted by molar-refractivity contribution is 7.89. The average molecular weight is 273 g/mol. The predicted octanol–water partition coefficient (Wildman–Crippen LogP) is -0.704. The van der Waals surface area contributed by atoms with Crippen LogP contribution in [0.15, 0.2) is 18.2 Å². The molecule has 1 amide bonds. The lowest BCUT2D eigenvalue weighted by Crippen LogP contribution is -2.31. The fourth-order valence-electron chi connectivity index (χ4n) is 1.26. The van der Waals surface area contributed by atoms with E-state index in [9.17, 15) is 13.2 Å². The molecule has 0 fully saturated rings. The Morgan fingerprint density at radius 2 is 2.11 bits per heavy atom. The number of nitrogens with two attached hydrogens (primary N) is 2. The predicted molar refractivity (Wildman–Crippen MR) is 67.7 cm³/mol. The van der Waals surface area contributed by atoms with Crippen LogP contribution in [0.3, 0.4) is 0 Å². The summed E-state index contributed by atoms with van der Waals surface area (Å²) in [6.45, 7) is -0.0512. The maximum atomic E-state index is 11.7. The molecule has 0 saturated carbocycles. The van der Waals surface area contributed by atoms with E-state index in [-0.39, 0.29) is 12.3 Å². The number of benzene rings is 1. The summed E-state index contributed by atoms with van der Waals surface area (Å²) < 4.78 is 26.3. The molecule has 8 heteroatoms. The Kier molecular flexibility index (Phi) is 4.51. The first-order chi connectivity index (χ1) is 8.33. The number of nitrogen functional groups attached to an aromatic ring is 1. The third-order valence-electron chi connectivity index (χ3n) is 2.17. The maximum absolute atomic E-state index is 11.7. The van der Waals surface area contributed by atoms with Gasteiger partial charge in [-0.1, -0.05) is 0 Å². The van der Waals surface area contributed by atoms with Gasteiger partial charge in [-0.2, -0.15) is 0 Å². The number of anilines is 1. The average Bonchev–Trinajstić information content (AvgIpc) is 2.27. The van der Waals surface area contributed by atoms with Gasteiger partial charge in [0.2, 0.25) is 10.0 Å². The summed E-state index contributed by atoms with van der Waals surface area (Å²) in [5, 5.41) is 7.24. The van der Waals surface area contributed by atoms with Crippen molar-refractivity contribution in [1.82, 2.24) is 5.32 Å². The molecule has 0 spiro atoms. The molecule has 0 radical (unpaired) electrons. The lowest BCUT2D eigenvalue weighted by molar-refractivity contribution is 0.0956. The van der Waals surface area contributed by atoms with Gasteiger partial charge in [-0.25, -0.2) is 13.6 Å². The van der Waals surface area contributed by atoms with Gasteiger partial charge < -0.3 is 15.8 Å². The Labute approximate surface area is 105 Å². The minimum Gasteiger partial charge on any atom is -0.495 e. The zero-order valence-corrected chi connectivity index (χ0v) is 10.7. The van der Waals surface area contributed by atoms with E-state index < -0.39 is 15.9 Å². The molecular formula is C10H15N3O4S. The Hall–Kier alpha value is -1.80. The highest BCUT2D eigenvalue weighted by atomic mass is 32.2. The fourth-order valence-corrected chi connectivity index (χ4v) is 1.65. The van der Waals surface area contributed by atoms with Crippen LogP contribution < -0.4 is 20.9 Å². The molecule has 0 aliphatic heterocycles. The summed E-state index contributed by atoms with van der Waals surface area (Å²) >= 11 is 0. The SMILES string of the molecule is COc1cc(C(=O)NCCS(N)(=O)=O)ccc1N. The van der Waals surface area contributed by atoms with Crippen LogP contribution >= 0.6 is 0 Å². The van der Waals surface area contributed by atoms with Crippen molar-refractivity contribution in [1.29, 1.82) is 0 Å². The first-order valence-electron chi connectivity index (χ1n) is 5.05. The van der Waals surface area contributed by atoms with Gasteiger partial charge in [-0.3, -0.25) is 4.79 Å². The molecule has 0 aromatic heterocycles. The first-order valence-corrected chi connectivity index (χ1v) is 6.77. The molecule has 0 heterocycles. The number of methoxy groups -OCH3 is 1. The van der Waals surface area contributed by atoms with E-state index in [1.54, 1.807) is 0 Å². The van der Waals surface area contributed by atoms with Crippen LogP contribution in [0.25, 0.3) is 0 Å². The number of carbonyl (C=O) groups is 1. The second kappa shape index (κ2) is 5.69. The third-order valence-corrected chi connectivity index (χ3v) is 2.94. The summed E-state index contributed by atoms with van der Waals surface area (Å²) in [7, 11) is -2.14. The van der Waals surface area contributed by atoms with Crippen LogP contribution in [-0.2, 0) is 10.0 Å². The molecule has 7 nitrogen and oxygen atoms in total. The quantitative estimate of drug-likeness (QED) is 0.611. The summed E-state index contributed by atoms with van der Waals surface area (Å²) in [4.78, 5) is 11.7. The van der Waals surface area contributed by atoms with Gasteiger partial charge in [0.05, 0.1) is 18.6 Å². The highest BCUT2D eigenvalue weighted by Crippen LogP contribution is 2.21. The van der Waals surface area contributed by atoms with Gasteiger partial charge in [0.15, 0.2) is 0 Å². The number of nitrogens with one attached hydrogen (secondary N) is 1. The van der Waals surface area contributed by atoms with Gasteiger partial charge in [0.25, 0.3) is 5.91 Å². The smallest absolute Gasteiger partial charge is 0.251 e. The Morgan fingerprint density at radius 3 is 2.67 bits per heavy atom. The van der Waals surface area contributed by atoms with Crippen LogP contribution in [-0.4, -0.2) is 33.7 Å². The fraction of sp³-hybridized carbons (Fsp3) is 0.300. The van der Waals surface area contributed by atoms with E-state index in [1.165, 1.54) is 25.3 Å². The van der Waals surface area contributed by atoms with Crippen LogP contribution in [0.1, 0.15) is 10.4 Å². The number of rotatable bonds is 5. The zero-order chi connectivity index (χ0) is 13.8. The number of carbonyl (C=O) groups excluding carboxylic acids is 1. The van der Waals surface area contributed by atoms with Gasteiger partial charge in [-0.15, -0.1) is 0 Å². The minimum atomic E-state index is -3.58. The molecule has 1 aromatic carbocycles. The van der Waals surface area contributed by atoms with Crippen LogP contribution in [0, 0.1) is 0 Å². The van der Waals surface area contributed by atoms with E-state index >= 15 is 0 Å². The van der Waals surface area contributed by atoms with Crippen molar-refractivity contribution >= 4 is 21.6 Å². The van der Waals surface area contributed by atoms with E-state index in [2.05, 4.69) is 5.32 Å². The molecule has 18 heavy (non-hydrogen) atoms. The monoisotopic (exact) mass is 273 g/mol. The van der Waals surface area contributed by atoms with Gasteiger partial charge in [0, 0.05) is 12.1 Å². The molecule has 0 aliphatic rings. The number of primary sulfonamides is 1. The Morgan fingerprint density at radius 1 is 1.44 bits per heavy atom. The number of hydrogen-bond acceptors (Lipinski definition) is 5. The lowest BCUT2D eigenvalue weighted by atomic mass is 10.2. The standard InChI is InChI=1S/C10H15N3O4S/c1-17-9-6-7(2-3-8(9)11)10(14)13-4-5-18(12,15)16/h2-3,6H,4-5,11H2,1H3,(H,13,14)(H2,12,15,16). The second-order valence-corrected chi connectivity index (χ2v) is 5.31. The first kappa shape index (κ1) is 14.3. The van der Waals surface area contributed by atoms with Gasteiger partial charge >= 0.3 is 0 Å². The molecule has 1 rings (SSSR count). The van der Waals surface area contributed by atoms with E-state index in [0.717, 1.165) is 0 Å². The van der Waals surface area contributed by atoms with Crippen molar-refractivity contribution in [2.75, 3.05) is 25.1 Å². The lowest BCUT2D eigenvalue weighted by Gasteiger charge is -2.08. The Bertz CT molecular complexity index is 542. The largest absolute Gasteiger partial charge is 0.495 e. The molecule has 0 aliphatic carbocycles. The Balaban J connectivity index is 2.67. The van der Waals surface area contributed by atoms with Crippen molar-refractivity contribution in [3.63, 3.8) is 0 Å². The van der Waals surface area contributed by atoms with E-state index in [4.69, 9.17) is 15.6 Å². The summed E-state index contributed by atoms with van der Waals surface area (Å²) in [5.74, 6) is -0.351. The van der Waals surface area contributed by atoms with Gasteiger partial charge in [0.1, 0.15) is 5.75 Å². The third kappa shape index (κ3) is 4.22. The molecule has 0 unspecified atom stereocenters. The number of amides is 1. The summed E-state index contributed by atoms with van der Waals surface area (Å²) in [6, 6.07) is 4.53.